The Labute approximate surface area is 363 Å². The fraction of sp³-hybridized carbons (Fsp3) is 0.623. The molecule has 2 bridgehead atoms. The van der Waals surface area contributed by atoms with Crippen LogP contribution in [0.5, 0.6) is 5.75 Å². The third-order valence-corrected chi connectivity index (χ3v) is 13.6. The summed E-state index contributed by atoms with van der Waals surface area (Å²) in [4.78, 5) is 28.9. The van der Waals surface area contributed by atoms with Crippen LogP contribution in [0, 0.1) is 11.8 Å². The maximum absolute atomic E-state index is 14.4. The van der Waals surface area contributed by atoms with Gasteiger partial charge in [0.25, 0.3) is 0 Å². The molecule has 1 unspecified atom stereocenters. The first kappa shape index (κ1) is 47.4. The number of aliphatic carboxylic acids is 1. The fourth-order valence-corrected chi connectivity index (χ4v) is 10.3. The van der Waals surface area contributed by atoms with Gasteiger partial charge in [-0.2, -0.15) is 0 Å². The molecule has 0 spiro atoms. The van der Waals surface area contributed by atoms with Crippen molar-refractivity contribution in [2.24, 2.45) is 11.8 Å². The van der Waals surface area contributed by atoms with Crippen molar-refractivity contribution in [2.75, 3.05) is 26.7 Å². The van der Waals surface area contributed by atoms with Crippen LogP contribution in [0.15, 0.2) is 78.9 Å². The van der Waals surface area contributed by atoms with E-state index >= 15 is 0 Å². The molecule has 5 atom stereocenters. The molecule has 2 heterocycles. The average molecular weight is 822 g/mol. The number of methoxy groups -OCH3 is 1. The number of amides is 1. The lowest BCUT2D eigenvalue weighted by atomic mass is 9.68. The highest BCUT2D eigenvalue weighted by atomic mass is 16.5. The van der Waals surface area contributed by atoms with Crippen LogP contribution >= 0.6 is 0 Å². The van der Waals surface area contributed by atoms with Crippen LogP contribution in [0.2, 0.25) is 0 Å². The molecule has 0 aromatic heterocycles. The number of carbonyl (C=O) groups excluding carboxylic acids is 1. The van der Waals surface area contributed by atoms with Gasteiger partial charge < -0.3 is 20.5 Å². The van der Waals surface area contributed by atoms with E-state index < -0.39 is 5.97 Å². The smallest absolute Gasteiger partial charge is 0.322 e. The summed E-state index contributed by atoms with van der Waals surface area (Å²) in [5, 5.41) is 16.7. The number of hydrogen-bond donors (Lipinski definition) is 3. The van der Waals surface area contributed by atoms with Gasteiger partial charge in [-0.25, -0.2) is 0 Å². The van der Waals surface area contributed by atoms with Crippen molar-refractivity contribution in [3.8, 4) is 5.75 Å². The van der Waals surface area contributed by atoms with Crippen molar-refractivity contribution in [1.29, 1.82) is 0 Å². The second-order valence-electron chi connectivity index (χ2n) is 18.3. The Balaban J connectivity index is 1.56. The zero-order chi connectivity index (χ0) is 42.4. The second kappa shape index (κ2) is 26.6. The molecule has 0 aliphatic carbocycles. The minimum atomic E-state index is -1.01. The van der Waals surface area contributed by atoms with E-state index in [-0.39, 0.29) is 42.3 Å². The van der Waals surface area contributed by atoms with Crippen molar-refractivity contribution in [1.82, 2.24) is 15.5 Å². The molecule has 2 saturated heterocycles. The lowest BCUT2D eigenvalue weighted by Gasteiger charge is -2.52. The number of benzene rings is 3. The van der Waals surface area contributed by atoms with Gasteiger partial charge in [-0.3, -0.25) is 14.5 Å². The first-order valence-electron chi connectivity index (χ1n) is 24.1. The van der Waals surface area contributed by atoms with E-state index in [0.29, 0.717) is 19.0 Å². The predicted molar refractivity (Wildman–Crippen MR) is 248 cm³/mol. The molecular weight excluding hydrogens is 743 g/mol. The molecule has 0 saturated carbocycles. The molecule has 60 heavy (non-hydrogen) atoms. The van der Waals surface area contributed by atoms with Crippen molar-refractivity contribution in [2.45, 2.75) is 173 Å². The molecule has 3 aromatic rings. The summed E-state index contributed by atoms with van der Waals surface area (Å²) in [5.74, 6) is -0.177. The quantitative estimate of drug-likeness (QED) is 0.178. The number of carboxylic acids is 1. The number of carboxylic acid groups (broad SMARTS) is 1. The molecule has 3 N–H and O–H groups in total. The van der Waals surface area contributed by atoms with Crippen LogP contribution in [-0.2, 0) is 16.1 Å². The third kappa shape index (κ3) is 15.0. The minimum absolute atomic E-state index is 0.00345. The van der Waals surface area contributed by atoms with E-state index in [4.69, 9.17) is 4.74 Å². The predicted octanol–water partition coefficient (Wildman–Crippen LogP) is 12.0. The second-order valence-corrected chi connectivity index (χ2v) is 18.3. The Hall–Kier alpha value is -3.68. The maximum Gasteiger partial charge on any atom is 0.322 e. The fourth-order valence-electron chi connectivity index (χ4n) is 10.3. The first-order chi connectivity index (χ1) is 29.4. The zero-order valence-corrected chi connectivity index (χ0v) is 37.6. The van der Waals surface area contributed by atoms with Crippen molar-refractivity contribution >= 4 is 11.9 Å². The van der Waals surface area contributed by atoms with Crippen LogP contribution in [0.1, 0.15) is 176 Å². The van der Waals surface area contributed by atoms with Crippen LogP contribution in [0.25, 0.3) is 0 Å². The van der Waals surface area contributed by atoms with Crippen molar-refractivity contribution in [3.63, 3.8) is 0 Å². The number of fused-ring (bicyclic) bond motifs is 3. The highest BCUT2D eigenvalue weighted by molar-refractivity contribution is 5.83. The number of rotatable bonds is 11. The largest absolute Gasteiger partial charge is 0.496 e. The van der Waals surface area contributed by atoms with Gasteiger partial charge in [0.05, 0.1) is 13.0 Å². The van der Waals surface area contributed by atoms with E-state index in [1.165, 1.54) is 119 Å². The summed E-state index contributed by atoms with van der Waals surface area (Å²) in [6.45, 7) is 6.21. The standard InChI is InChI=1S/C53H79N3O4/c1-41(2)44-34-35-48(60-3)45(37-44)38-54-51-46-33-27-19-17-15-13-11-9-7-5-4-6-8-10-12-14-16-18-20-28-36-56(40-47(46)53(59)55-39-49(57)58)52(51)50(42-29-23-21-24-30-42)43-31-25-22-26-32-43/h21-26,29-32,34-35,37,41,46-47,50-52,54H,4-20,27-28,33,36,38-40H2,1-3H3,(H,55,59)(H,57,58)/t46-,47-,51-,52-/m0/s1. The van der Waals surface area contributed by atoms with E-state index in [2.05, 4.69) is 108 Å². The van der Waals surface area contributed by atoms with Gasteiger partial charge >= 0.3 is 5.97 Å². The van der Waals surface area contributed by atoms with Crippen molar-refractivity contribution in [3.05, 3.63) is 101 Å². The minimum Gasteiger partial charge on any atom is -0.496 e. The van der Waals surface area contributed by atoms with E-state index in [9.17, 15) is 14.7 Å². The Morgan fingerprint density at radius 2 is 1.18 bits per heavy atom. The average Bonchev–Trinajstić information content (AvgIpc) is 3.26. The number of ether oxygens (including phenoxy) is 1. The first-order valence-corrected chi connectivity index (χ1v) is 24.1. The summed E-state index contributed by atoms with van der Waals surface area (Å²) in [6, 6.07) is 28.5. The van der Waals surface area contributed by atoms with Gasteiger partial charge in [-0.15, -0.1) is 0 Å². The number of nitrogens with one attached hydrogen (secondary N) is 2. The van der Waals surface area contributed by atoms with Crippen molar-refractivity contribution < 1.29 is 19.4 Å². The molecule has 0 radical (unpaired) electrons. The van der Waals surface area contributed by atoms with E-state index in [0.717, 1.165) is 43.5 Å². The van der Waals surface area contributed by atoms with Gasteiger partial charge in [0, 0.05) is 36.7 Å². The molecule has 7 nitrogen and oxygen atoms in total. The number of piperidine rings is 1. The molecule has 5 rings (SSSR count). The van der Waals surface area contributed by atoms with Crippen LogP contribution in [0.3, 0.4) is 0 Å². The lowest BCUT2D eigenvalue weighted by molar-refractivity contribution is -0.140. The summed E-state index contributed by atoms with van der Waals surface area (Å²) >= 11 is 0. The Kier molecular flexibility index (Phi) is 21.0. The Morgan fingerprint density at radius 1 is 0.683 bits per heavy atom. The summed E-state index contributed by atoms with van der Waals surface area (Å²) in [5.41, 5.74) is 4.95. The van der Waals surface area contributed by atoms with Gasteiger partial charge in [0.2, 0.25) is 5.91 Å². The maximum atomic E-state index is 14.4. The number of carbonyl (C=O) groups is 2. The molecule has 1 amide bonds. The molecule has 3 aromatic carbocycles. The highest BCUT2D eigenvalue weighted by Gasteiger charge is 2.49. The highest BCUT2D eigenvalue weighted by Crippen LogP contribution is 2.42. The Bertz CT molecular complexity index is 1610. The monoisotopic (exact) mass is 822 g/mol. The normalized spacial score (nSPS) is 23.6. The SMILES string of the molecule is COc1ccc(C(C)C)cc1CN[C@H]1[C@H]2CCCCCCCCCCCCCCCCCCCCCN(C[C@@H]2C(=O)NCC(=O)O)[C@H]1C(c1ccccc1)c1ccccc1. The van der Waals surface area contributed by atoms with Crippen LogP contribution in [-0.4, -0.2) is 60.7 Å². The molecule has 2 aliphatic rings. The lowest BCUT2D eigenvalue weighted by Crippen LogP contribution is -2.65. The van der Waals surface area contributed by atoms with Gasteiger partial charge in [0.15, 0.2) is 0 Å². The van der Waals surface area contributed by atoms with E-state index in [1.807, 2.05) is 0 Å². The summed E-state index contributed by atoms with van der Waals surface area (Å²) < 4.78 is 5.97. The molecule has 7 heteroatoms. The number of nitrogens with zero attached hydrogens (tertiary/aromatic N) is 1. The van der Waals surface area contributed by atoms with Gasteiger partial charge in [0.1, 0.15) is 12.3 Å². The summed E-state index contributed by atoms with van der Waals surface area (Å²) in [6.07, 6.45) is 25.3. The number of hydrogen-bond acceptors (Lipinski definition) is 5. The molecule has 2 aliphatic heterocycles. The van der Waals surface area contributed by atoms with Gasteiger partial charge in [-0.1, -0.05) is 202 Å². The van der Waals surface area contributed by atoms with Gasteiger partial charge in [-0.05, 0) is 54.0 Å². The van der Waals surface area contributed by atoms with E-state index in [1.54, 1.807) is 7.11 Å². The molecule has 330 valence electrons. The molecule has 2 fully saturated rings. The third-order valence-electron chi connectivity index (χ3n) is 13.6. The zero-order valence-electron chi connectivity index (χ0n) is 37.6. The van der Waals surface area contributed by atoms with Crippen LogP contribution in [0.4, 0.5) is 0 Å². The summed E-state index contributed by atoms with van der Waals surface area (Å²) in [7, 11) is 1.75. The topological polar surface area (TPSA) is 90.9 Å². The van der Waals surface area contributed by atoms with Crippen LogP contribution < -0.4 is 15.4 Å². The Morgan fingerprint density at radius 3 is 1.67 bits per heavy atom. The molecular formula is C53H79N3O4.